The highest BCUT2D eigenvalue weighted by molar-refractivity contribution is 5.98. The van der Waals surface area contributed by atoms with Crippen LogP contribution in [0.1, 0.15) is 38.1 Å². The number of ether oxygens (including phenoxy) is 3. The summed E-state index contributed by atoms with van der Waals surface area (Å²) in [6.07, 6.45) is 0.420. The Morgan fingerprint density at radius 3 is 2.44 bits per heavy atom. The fourth-order valence-electron chi connectivity index (χ4n) is 1.93. The van der Waals surface area contributed by atoms with Gasteiger partial charge in [-0.2, -0.15) is 0 Å². The molecule has 0 aliphatic carbocycles. The molecular formula is C19H26N2O6. The number of carbonyl (C=O) groups excluding carboxylic acids is 3. The number of carbonyl (C=O) groups is 3. The minimum atomic E-state index is -1.16. The summed E-state index contributed by atoms with van der Waals surface area (Å²) < 4.78 is 15.7. The summed E-state index contributed by atoms with van der Waals surface area (Å²) in [6, 6.07) is 3.82. The molecular weight excluding hydrogens is 352 g/mol. The van der Waals surface area contributed by atoms with Gasteiger partial charge in [0.2, 0.25) is 0 Å². The predicted molar refractivity (Wildman–Crippen MR) is 100.0 cm³/mol. The molecule has 1 rings (SSSR count). The second-order valence-corrected chi connectivity index (χ2v) is 6.71. The molecule has 0 spiro atoms. The summed E-state index contributed by atoms with van der Waals surface area (Å²) in [6.45, 7) is 10.5. The smallest absolute Gasteiger partial charge is 0.339 e. The van der Waals surface area contributed by atoms with Crippen LogP contribution in [0, 0.1) is 0 Å². The number of nitrogens with one attached hydrogen (secondary N) is 2. The van der Waals surface area contributed by atoms with E-state index in [0.717, 1.165) is 0 Å². The van der Waals surface area contributed by atoms with Gasteiger partial charge in [-0.25, -0.2) is 9.59 Å². The fourth-order valence-corrected chi connectivity index (χ4v) is 1.93. The van der Waals surface area contributed by atoms with Crippen molar-refractivity contribution in [1.82, 2.24) is 10.6 Å². The maximum atomic E-state index is 12.3. The molecule has 1 aromatic carbocycles. The minimum Gasteiger partial charge on any atom is -0.493 e. The molecule has 1 unspecified atom stereocenters. The van der Waals surface area contributed by atoms with Gasteiger partial charge < -0.3 is 19.5 Å². The molecule has 0 aliphatic heterocycles. The Bertz CT molecular complexity index is 709. The second kappa shape index (κ2) is 9.61. The molecule has 148 valence electrons. The Hall–Kier alpha value is -3.03. The Balaban J connectivity index is 2.73. The molecule has 1 atom stereocenters. The summed E-state index contributed by atoms with van der Waals surface area (Å²) in [5, 5.41) is 4.71. The Kier molecular flexibility index (Phi) is 7.83. The van der Waals surface area contributed by atoms with Crippen LogP contribution in [-0.2, 0) is 9.53 Å². The van der Waals surface area contributed by atoms with Gasteiger partial charge in [0.15, 0.2) is 17.6 Å². The molecule has 3 amide bonds. The molecule has 0 radical (unpaired) electrons. The first-order valence-corrected chi connectivity index (χ1v) is 8.33. The molecule has 0 saturated heterocycles. The number of esters is 1. The van der Waals surface area contributed by atoms with Crippen LogP contribution in [0.4, 0.5) is 4.79 Å². The third kappa shape index (κ3) is 7.39. The van der Waals surface area contributed by atoms with Gasteiger partial charge in [-0.1, -0.05) is 12.7 Å². The van der Waals surface area contributed by atoms with Crippen LogP contribution in [-0.4, -0.2) is 43.3 Å². The van der Waals surface area contributed by atoms with E-state index in [0.29, 0.717) is 11.5 Å². The van der Waals surface area contributed by atoms with Gasteiger partial charge in [-0.3, -0.25) is 10.1 Å². The number of hydrogen-bond donors (Lipinski definition) is 2. The summed E-state index contributed by atoms with van der Waals surface area (Å²) in [5.41, 5.74) is -0.326. The maximum Gasteiger partial charge on any atom is 0.339 e. The Labute approximate surface area is 158 Å². The summed E-state index contributed by atoms with van der Waals surface area (Å²) in [4.78, 5) is 36.0. The number of methoxy groups -OCH3 is 1. The SMILES string of the molecule is C=CCOc1ccc(C(=O)OC(C)C(=O)NC(=O)NC(C)(C)C)cc1OC. The number of hydrogen-bond acceptors (Lipinski definition) is 6. The van der Waals surface area contributed by atoms with Crippen LogP contribution in [0.5, 0.6) is 11.5 Å². The van der Waals surface area contributed by atoms with Gasteiger partial charge in [-0.05, 0) is 45.9 Å². The molecule has 0 fully saturated rings. The van der Waals surface area contributed by atoms with E-state index in [1.165, 1.54) is 26.2 Å². The number of imide groups is 1. The van der Waals surface area contributed by atoms with Crippen LogP contribution < -0.4 is 20.1 Å². The molecule has 27 heavy (non-hydrogen) atoms. The zero-order valence-corrected chi connectivity index (χ0v) is 16.3. The first-order valence-electron chi connectivity index (χ1n) is 8.33. The summed E-state index contributed by atoms with van der Waals surface area (Å²) in [7, 11) is 1.44. The van der Waals surface area contributed by atoms with Crippen molar-refractivity contribution in [3.8, 4) is 11.5 Å². The van der Waals surface area contributed by atoms with E-state index in [2.05, 4.69) is 17.2 Å². The number of benzene rings is 1. The Morgan fingerprint density at radius 2 is 1.89 bits per heavy atom. The van der Waals surface area contributed by atoms with Gasteiger partial charge >= 0.3 is 12.0 Å². The highest BCUT2D eigenvalue weighted by Gasteiger charge is 2.23. The lowest BCUT2D eigenvalue weighted by Gasteiger charge is -2.21. The van der Waals surface area contributed by atoms with E-state index in [4.69, 9.17) is 14.2 Å². The van der Waals surface area contributed by atoms with E-state index in [9.17, 15) is 14.4 Å². The third-order valence-corrected chi connectivity index (χ3v) is 3.13. The highest BCUT2D eigenvalue weighted by atomic mass is 16.5. The van der Waals surface area contributed by atoms with Crippen molar-refractivity contribution in [2.24, 2.45) is 0 Å². The van der Waals surface area contributed by atoms with Gasteiger partial charge in [0, 0.05) is 5.54 Å². The molecule has 0 bridgehead atoms. The molecule has 2 N–H and O–H groups in total. The monoisotopic (exact) mass is 378 g/mol. The minimum absolute atomic E-state index is 0.177. The topological polar surface area (TPSA) is 103 Å². The van der Waals surface area contributed by atoms with Crippen LogP contribution in [0.15, 0.2) is 30.9 Å². The predicted octanol–water partition coefficient (Wildman–Crippen LogP) is 2.43. The van der Waals surface area contributed by atoms with E-state index in [-0.39, 0.29) is 12.2 Å². The zero-order chi connectivity index (χ0) is 20.6. The molecule has 0 aliphatic rings. The molecule has 8 heteroatoms. The van der Waals surface area contributed by atoms with Crippen molar-refractivity contribution in [3.63, 3.8) is 0 Å². The van der Waals surface area contributed by atoms with Crippen LogP contribution in [0.25, 0.3) is 0 Å². The molecule has 1 aromatic rings. The van der Waals surface area contributed by atoms with Crippen LogP contribution in [0.2, 0.25) is 0 Å². The zero-order valence-electron chi connectivity index (χ0n) is 16.3. The number of amides is 3. The maximum absolute atomic E-state index is 12.3. The average Bonchev–Trinajstić information content (AvgIpc) is 2.57. The lowest BCUT2D eigenvalue weighted by Crippen LogP contribution is -2.50. The normalized spacial score (nSPS) is 11.7. The molecule has 0 aromatic heterocycles. The van der Waals surface area contributed by atoms with Gasteiger partial charge in [0.1, 0.15) is 6.61 Å². The largest absolute Gasteiger partial charge is 0.493 e. The van der Waals surface area contributed by atoms with Crippen molar-refractivity contribution in [2.75, 3.05) is 13.7 Å². The highest BCUT2D eigenvalue weighted by Crippen LogP contribution is 2.28. The summed E-state index contributed by atoms with van der Waals surface area (Å²) in [5.74, 6) is -0.683. The third-order valence-electron chi connectivity index (χ3n) is 3.13. The second-order valence-electron chi connectivity index (χ2n) is 6.71. The van der Waals surface area contributed by atoms with Crippen LogP contribution in [0.3, 0.4) is 0 Å². The molecule has 0 saturated carbocycles. The van der Waals surface area contributed by atoms with Gasteiger partial charge in [0.05, 0.1) is 12.7 Å². The lowest BCUT2D eigenvalue weighted by atomic mass is 10.1. The standard InChI is InChI=1S/C19H26N2O6/c1-7-10-26-14-9-8-13(11-15(14)25-6)17(23)27-12(2)16(22)20-18(24)21-19(3,4)5/h7-9,11-12H,1,10H2,2-6H3,(H2,20,21,22,24). The van der Waals surface area contributed by atoms with E-state index in [1.54, 1.807) is 32.9 Å². The van der Waals surface area contributed by atoms with Crippen molar-refractivity contribution in [3.05, 3.63) is 36.4 Å². The molecule has 0 heterocycles. The molecule has 8 nitrogen and oxygen atoms in total. The first-order chi connectivity index (χ1) is 12.6. The summed E-state index contributed by atoms with van der Waals surface area (Å²) >= 11 is 0. The van der Waals surface area contributed by atoms with Gasteiger partial charge in [0.25, 0.3) is 5.91 Å². The van der Waals surface area contributed by atoms with Crippen molar-refractivity contribution >= 4 is 17.9 Å². The first kappa shape index (κ1) is 22.0. The fraction of sp³-hybridized carbons (Fsp3) is 0.421. The van der Waals surface area contributed by atoms with E-state index >= 15 is 0 Å². The lowest BCUT2D eigenvalue weighted by molar-refractivity contribution is -0.127. The van der Waals surface area contributed by atoms with Crippen molar-refractivity contribution in [2.45, 2.75) is 39.3 Å². The van der Waals surface area contributed by atoms with E-state index < -0.39 is 29.6 Å². The van der Waals surface area contributed by atoms with Gasteiger partial charge in [-0.15, -0.1) is 0 Å². The van der Waals surface area contributed by atoms with Crippen molar-refractivity contribution in [1.29, 1.82) is 0 Å². The average molecular weight is 378 g/mol. The Morgan fingerprint density at radius 1 is 1.22 bits per heavy atom. The number of urea groups is 1. The quantitative estimate of drug-likeness (QED) is 0.558. The van der Waals surface area contributed by atoms with Crippen LogP contribution >= 0.6 is 0 Å². The number of rotatable bonds is 7. The van der Waals surface area contributed by atoms with Crippen molar-refractivity contribution < 1.29 is 28.6 Å². The van der Waals surface area contributed by atoms with E-state index in [1.807, 2.05) is 0 Å².